The third-order valence-electron chi connectivity index (χ3n) is 4.24. The number of thioether (sulfide) groups is 1. The van der Waals surface area contributed by atoms with E-state index >= 15 is 0 Å². The molecule has 0 aliphatic heterocycles. The summed E-state index contributed by atoms with van der Waals surface area (Å²) >= 11 is 1.52. The summed E-state index contributed by atoms with van der Waals surface area (Å²) in [4.78, 5) is 13.5. The zero-order valence-corrected chi connectivity index (χ0v) is 16.2. The van der Waals surface area contributed by atoms with Crippen molar-refractivity contribution in [1.82, 2.24) is 19.5 Å². The van der Waals surface area contributed by atoms with Crippen molar-refractivity contribution < 1.29 is 8.81 Å². The second kappa shape index (κ2) is 8.02. The quantitative estimate of drug-likeness (QED) is 0.368. The van der Waals surface area contributed by atoms with Crippen molar-refractivity contribution >= 4 is 28.7 Å². The average Bonchev–Trinajstić information content (AvgIpc) is 3.31. The normalized spacial score (nSPS) is 12.5. The molecule has 4 rings (SSSR count). The number of alkyl halides is 1. The number of nitrogens with two attached hydrogens (primary N) is 1. The molecule has 0 spiro atoms. The van der Waals surface area contributed by atoms with Crippen molar-refractivity contribution in [3.05, 3.63) is 54.3 Å². The number of furan rings is 1. The highest BCUT2D eigenvalue weighted by molar-refractivity contribution is 7.99. The summed E-state index contributed by atoms with van der Waals surface area (Å²) in [7, 11) is 0. The van der Waals surface area contributed by atoms with Crippen LogP contribution in [0.5, 0.6) is 0 Å². The maximum atomic E-state index is 13.8. The Morgan fingerprint density at radius 1 is 1.14 bits per heavy atom. The van der Waals surface area contributed by atoms with Gasteiger partial charge in [-0.1, -0.05) is 42.1 Å². The SMILES string of the molecule is CC(F)Cn1c(-c2ccco2)nc2c(N)nc(SCCc3ccccc3)nc21. The van der Waals surface area contributed by atoms with Gasteiger partial charge in [0.15, 0.2) is 33.7 Å². The Bertz CT molecular complexity index is 1060. The summed E-state index contributed by atoms with van der Waals surface area (Å²) < 4.78 is 21.0. The van der Waals surface area contributed by atoms with E-state index < -0.39 is 6.17 Å². The second-order valence-corrected chi connectivity index (χ2v) is 7.51. The van der Waals surface area contributed by atoms with E-state index in [9.17, 15) is 4.39 Å². The summed E-state index contributed by atoms with van der Waals surface area (Å²) in [5.74, 6) is 2.13. The minimum atomic E-state index is -1.07. The molecule has 0 radical (unpaired) electrons. The van der Waals surface area contributed by atoms with Crippen LogP contribution in [-0.2, 0) is 13.0 Å². The Morgan fingerprint density at radius 2 is 1.96 bits per heavy atom. The van der Waals surface area contributed by atoms with E-state index in [0.29, 0.717) is 27.9 Å². The maximum absolute atomic E-state index is 13.8. The first-order chi connectivity index (χ1) is 13.6. The summed E-state index contributed by atoms with van der Waals surface area (Å²) in [6.45, 7) is 1.61. The first-order valence-corrected chi connectivity index (χ1v) is 9.99. The number of aryl methyl sites for hydroxylation is 1. The van der Waals surface area contributed by atoms with Gasteiger partial charge >= 0.3 is 0 Å². The topological polar surface area (TPSA) is 82.8 Å². The molecule has 2 N–H and O–H groups in total. The number of halogens is 1. The van der Waals surface area contributed by atoms with E-state index in [0.717, 1.165) is 12.2 Å². The van der Waals surface area contributed by atoms with E-state index in [1.54, 1.807) is 23.0 Å². The smallest absolute Gasteiger partial charge is 0.191 e. The van der Waals surface area contributed by atoms with E-state index in [-0.39, 0.29) is 12.4 Å². The van der Waals surface area contributed by atoms with Gasteiger partial charge in [-0.25, -0.2) is 19.3 Å². The molecule has 8 heteroatoms. The first-order valence-electron chi connectivity index (χ1n) is 9.00. The number of hydrogen-bond acceptors (Lipinski definition) is 6. The molecule has 144 valence electrons. The molecule has 28 heavy (non-hydrogen) atoms. The third-order valence-corrected chi connectivity index (χ3v) is 5.09. The molecule has 1 unspecified atom stereocenters. The van der Waals surface area contributed by atoms with Crippen LogP contribution in [0.2, 0.25) is 0 Å². The highest BCUT2D eigenvalue weighted by Gasteiger charge is 2.20. The van der Waals surface area contributed by atoms with Gasteiger partial charge in [-0.15, -0.1) is 0 Å². The number of hydrogen-bond donors (Lipinski definition) is 1. The van der Waals surface area contributed by atoms with E-state index in [2.05, 4.69) is 27.1 Å². The van der Waals surface area contributed by atoms with Crippen LogP contribution in [-0.4, -0.2) is 31.4 Å². The monoisotopic (exact) mass is 397 g/mol. The predicted octanol–water partition coefficient (Wildman–Crippen LogP) is 4.36. The molecule has 3 heterocycles. The van der Waals surface area contributed by atoms with Crippen LogP contribution in [0.3, 0.4) is 0 Å². The lowest BCUT2D eigenvalue weighted by Gasteiger charge is -2.09. The van der Waals surface area contributed by atoms with Crippen LogP contribution < -0.4 is 5.73 Å². The number of rotatable bonds is 7. The van der Waals surface area contributed by atoms with Crippen molar-refractivity contribution in [3.63, 3.8) is 0 Å². The first kappa shape index (κ1) is 18.5. The van der Waals surface area contributed by atoms with Gasteiger partial charge in [-0.05, 0) is 31.0 Å². The fourth-order valence-corrected chi connectivity index (χ4v) is 3.82. The Labute approximate surface area is 166 Å². The Kier molecular flexibility index (Phi) is 5.29. The fourth-order valence-electron chi connectivity index (χ4n) is 2.99. The van der Waals surface area contributed by atoms with Crippen molar-refractivity contribution in [3.8, 4) is 11.6 Å². The number of fused-ring (bicyclic) bond motifs is 1. The van der Waals surface area contributed by atoms with Crippen LogP contribution in [0.4, 0.5) is 10.2 Å². The Morgan fingerprint density at radius 3 is 2.68 bits per heavy atom. The Balaban J connectivity index is 1.66. The summed E-state index contributed by atoms with van der Waals surface area (Å²) in [6, 6.07) is 13.8. The van der Waals surface area contributed by atoms with Crippen LogP contribution in [0, 0.1) is 0 Å². The molecule has 0 amide bonds. The minimum absolute atomic E-state index is 0.108. The van der Waals surface area contributed by atoms with Crippen molar-refractivity contribution in [2.75, 3.05) is 11.5 Å². The molecule has 6 nitrogen and oxygen atoms in total. The van der Waals surface area contributed by atoms with Gasteiger partial charge in [0, 0.05) is 5.75 Å². The predicted molar refractivity (Wildman–Crippen MR) is 109 cm³/mol. The molecule has 0 aliphatic carbocycles. The third kappa shape index (κ3) is 3.87. The molecule has 0 fully saturated rings. The molecule has 3 aromatic heterocycles. The van der Waals surface area contributed by atoms with Crippen molar-refractivity contribution in [1.29, 1.82) is 0 Å². The lowest BCUT2D eigenvalue weighted by atomic mass is 10.2. The molecule has 0 saturated heterocycles. The number of imidazole rings is 1. The number of aromatic nitrogens is 4. The largest absolute Gasteiger partial charge is 0.461 e. The number of anilines is 1. The van der Waals surface area contributed by atoms with Crippen molar-refractivity contribution in [2.24, 2.45) is 0 Å². The standard InChI is InChI=1S/C20H20FN5OS/c1-13(21)12-26-18(15-8-5-10-27-15)23-16-17(22)24-20(25-19(16)26)28-11-9-14-6-3-2-4-7-14/h2-8,10,13H,9,11-12H2,1H3,(H2,22,24,25). The van der Waals surface area contributed by atoms with Crippen LogP contribution >= 0.6 is 11.8 Å². The molecular weight excluding hydrogens is 377 g/mol. The molecule has 0 aliphatic rings. The summed E-state index contributed by atoms with van der Waals surface area (Å²) in [5, 5.41) is 0.555. The lowest BCUT2D eigenvalue weighted by Crippen LogP contribution is -2.10. The van der Waals surface area contributed by atoms with Gasteiger partial charge in [-0.2, -0.15) is 0 Å². The lowest BCUT2D eigenvalue weighted by molar-refractivity contribution is 0.323. The van der Waals surface area contributed by atoms with Gasteiger partial charge in [0.25, 0.3) is 0 Å². The zero-order chi connectivity index (χ0) is 19.5. The number of nitrogen functional groups attached to an aromatic ring is 1. The summed E-state index contributed by atoms with van der Waals surface area (Å²) in [5.41, 5.74) is 8.37. The van der Waals surface area contributed by atoms with Gasteiger partial charge in [-0.3, -0.25) is 0 Å². The van der Waals surface area contributed by atoms with Crippen molar-refractivity contribution in [2.45, 2.75) is 31.2 Å². The second-order valence-electron chi connectivity index (χ2n) is 6.45. The van der Waals surface area contributed by atoms with Gasteiger partial charge in [0.2, 0.25) is 0 Å². The number of nitrogens with zero attached hydrogens (tertiary/aromatic N) is 4. The maximum Gasteiger partial charge on any atom is 0.191 e. The zero-order valence-electron chi connectivity index (χ0n) is 15.4. The number of benzene rings is 1. The van der Waals surface area contributed by atoms with Gasteiger partial charge < -0.3 is 14.7 Å². The van der Waals surface area contributed by atoms with Crippen LogP contribution in [0.1, 0.15) is 12.5 Å². The van der Waals surface area contributed by atoms with E-state index in [1.807, 2.05) is 18.2 Å². The highest BCUT2D eigenvalue weighted by atomic mass is 32.2. The van der Waals surface area contributed by atoms with Crippen LogP contribution in [0.15, 0.2) is 58.3 Å². The molecule has 1 aromatic carbocycles. The molecule has 4 aromatic rings. The molecule has 0 bridgehead atoms. The molecule has 0 saturated carbocycles. The van der Waals surface area contributed by atoms with Gasteiger partial charge in [0.05, 0.1) is 12.8 Å². The Hall–Kier alpha value is -2.87. The highest BCUT2D eigenvalue weighted by Crippen LogP contribution is 2.29. The molecule has 1 atom stereocenters. The van der Waals surface area contributed by atoms with E-state index in [1.165, 1.54) is 24.2 Å². The van der Waals surface area contributed by atoms with E-state index in [4.69, 9.17) is 10.2 Å². The minimum Gasteiger partial charge on any atom is -0.461 e. The van der Waals surface area contributed by atoms with Crippen LogP contribution in [0.25, 0.3) is 22.7 Å². The summed E-state index contributed by atoms with van der Waals surface area (Å²) in [6.07, 6.45) is 1.37. The fraction of sp³-hybridized carbons (Fsp3) is 0.250. The van der Waals surface area contributed by atoms with Gasteiger partial charge in [0.1, 0.15) is 6.17 Å². The average molecular weight is 397 g/mol. The molecular formula is C20H20FN5OS.